The van der Waals surface area contributed by atoms with Crippen LogP contribution >= 0.6 is 11.8 Å². The molecule has 150 valence electrons. The largest absolute Gasteiger partial charge is 0.486 e. The number of imidazole rings is 1. The highest BCUT2D eigenvalue weighted by atomic mass is 32.2. The van der Waals surface area contributed by atoms with E-state index in [0.717, 1.165) is 27.9 Å². The van der Waals surface area contributed by atoms with Crippen LogP contribution in [0.1, 0.15) is 16.7 Å². The molecule has 7 heteroatoms. The first-order chi connectivity index (χ1) is 14.1. The maximum Gasteiger partial charge on any atom is 0.230 e. The summed E-state index contributed by atoms with van der Waals surface area (Å²) in [5.41, 5.74) is 4.42. The van der Waals surface area contributed by atoms with Gasteiger partial charge in [-0.1, -0.05) is 23.9 Å². The molecule has 0 unspecified atom stereocenters. The average molecular weight is 410 g/mol. The summed E-state index contributed by atoms with van der Waals surface area (Å²) in [7, 11) is 0. The van der Waals surface area contributed by atoms with Crippen LogP contribution in [-0.4, -0.2) is 34.4 Å². The van der Waals surface area contributed by atoms with Gasteiger partial charge in [-0.05, 0) is 54.8 Å². The molecule has 1 N–H and O–H groups in total. The van der Waals surface area contributed by atoms with Gasteiger partial charge in [0, 0.05) is 24.6 Å². The third-order valence-electron chi connectivity index (χ3n) is 4.52. The number of hydrogen-bond donors (Lipinski definition) is 1. The molecule has 1 aromatic heterocycles. The van der Waals surface area contributed by atoms with Crippen molar-refractivity contribution in [2.75, 3.05) is 19.0 Å². The lowest BCUT2D eigenvalue weighted by Gasteiger charge is -2.19. The van der Waals surface area contributed by atoms with Crippen LogP contribution in [-0.2, 0) is 11.3 Å². The number of amides is 1. The number of benzene rings is 2. The molecule has 1 aliphatic rings. The molecule has 0 saturated heterocycles. The number of aromatic nitrogens is 2. The second-order valence-electron chi connectivity index (χ2n) is 6.97. The zero-order valence-electron chi connectivity index (χ0n) is 16.5. The van der Waals surface area contributed by atoms with Crippen molar-refractivity contribution >= 4 is 17.7 Å². The molecule has 4 rings (SSSR count). The Labute approximate surface area is 174 Å². The van der Waals surface area contributed by atoms with Gasteiger partial charge in [-0.15, -0.1) is 0 Å². The van der Waals surface area contributed by atoms with Gasteiger partial charge in [0.05, 0.1) is 5.75 Å². The Balaban J connectivity index is 1.34. The number of ether oxygens (including phenoxy) is 2. The van der Waals surface area contributed by atoms with Crippen molar-refractivity contribution in [2.45, 2.75) is 25.5 Å². The first-order valence-electron chi connectivity index (χ1n) is 9.48. The normalized spacial score (nSPS) is 12.6. The fraction of sp³-hybridized carbons (Fsp3) is 0.273. The van der Waals surface area contributed by atoms with Crippen LogP contribution in [0.5, 0.6) is 11.5 Å². The molecule has 6 nitrogen and oxygen atoms in total. The van der Waals surface area contributed by atoms with Crippen LogP contribution in [0, 0.1) is 13.8 Å². The smallest absolute Gasteiger partial charge is 0.230 e. The molecule has 0 bridgehead atoms. The average Bonchev–Trinajstić information content (AvgIpc) is 3.18. The third-order valence-corrected chi connectivity index (χ3v) is 5.49. The van der Waals surface area contributed by atoms with Gasteiger partial charge in [0.25, 0.3) is 0 Å². The highest BCUT2D eigenvalue weighted by molar-refractivity contribution is 7.99. The molecule has 0 aliphatic carbocycles. The van der Waals surface area contributed by atoms with Gasteiger partial charge in [0.1, 0.15) is 13.2 Å². The summed E-state index contributed by atoms with van der Waals surface area (Å²) in [6.45, 7) is 5.71. The summed E-state index contributed by atoms with van der Waals surface area (Å²) < 4.78 is 13.1. The molecule has 29 heavy (non-hydrogen) atoms. The van der Waals surface area contributed by atoms with Crippen molar-refractivity contribution < 1.29 is 14.3 Å². The van der Waals surface area contributed by atoms with E-state index in [1.807, 2.05) is 29.0 Å². The SMILES string of the molecule is Cc1cc(C)cc(-n2ccnc2SCC(=O)NCc2ccc3c(c2)OCCO3)c1. The predicted octanol–water partition coefficient (Wildman–Crippen LogP) is 3.67. The number of carbonyl (C=O) groups excluding carboxylic acids is 1. The zero-order valence-corrected chi connectivity index (χ0v) is 17.3. The van der Waals surface area contributed by atoms with Crippen LogP contribution < -0.4 is 14.8 Å². The van der Waals surface area contributed by atoms with Crippen LogP contribution in [0.4, 0.5) is 0 Å². The monoisotopic (exact) mass is 409 g/mol. The summed E-state index contributed by atoms with van der Waals surface area (Å²) in [5, 5.41) is 3.75. The number of fused-ring (bicyclic) bond motifs is 1. The molecular formula is C22H23N3O3S. The predicted molar refractivity (Wildman–Crippen MR) is 113 cm³/mol. The lowest BCUT2D eigenvalue weighted by Crippen LogP contribution is -2.25. The van der Waals surface area contributed by atoms with E-state index in [0.29, 0.717) is 25.5 Å². The number of carbonyl (C=O) groups is 1. The number of aryl methyl sites for hydroxylation is 2. The maximum absolute atomic E-state index is 12.3. The van der Waals surface area contributed by atoms with E-state index >= 15 is 0 Å². The Kier molecular flexibility index (Phi) is 5.76. The lowest BCUT2D eigenvalue weighted by molar-refractivity contribution is -0.118. The van der Waals surface area contributed by atoms with Crippen molar-refractivity contribution in [2.24, 2.45) is 0 Å². The quantitative estimate of drug-likeness (QED) is 0.630. The summed E-state index contributed by atoms with van der Waals surface area (Å²) in [6, 6.07) is 12.1. The van der Waals surface area contributed by atoms with E-state index in [2.05, 4.69) is 42.3 Å². The number of rotatable bonds is 6. The fourth-order valence-corrected chi connectivity index (χ4v) is 4.07. The highest BCUT2D eigenvalue weighted by Gasteiger charge is 2.13. The summed E-state index contributed by atoms with van der Waals surface area (Å²) >= 11 is 1.42. The maximum atomic E-state index is 12.3. The van der Waals surface area contributed by atoms with Crippen molar-refractivity contribution in [3.8, 4) is 17.2 Å². The molecule has 3 aromatic rings. The minimum Gasteiger partial charge on any atom is -0.486 e. The Morgan fingerprint density at radius 3 is 2.66 bits per heavy atom. The highest BCUT2D eigenvalue weighted by Crippen LogP contribution is 2.30. The number of nitrogens with zero attached hydrogens (tertiary/aromatic N) is 2. The Morgan fingerprint density at radius 2 is 1.86 bits per heavy atom. The van der Waals surface area contributed by atoms with Gasteiger partial charge in [-0.2, -0.15) is 0 Å². The molecule has 0 fully saturated rings. The molecule has 2 heterocycles. The van der Waals surface area contributed by atoms with Gasteiger partial charge < -0.3 is 14.8 Å². The molecule has 0 radical (unpaired) electrons. The number of thioether (sulfide) groups is 1. The fourth-order valence-electron chi connectivity index (χ4n) is 3.26. The number of hydrogen-bond acceptors (Lipinski definition) is 5. The summed E-state index contributed by atoms with van der Waals surface area (Å²) in [4.78, 5) is 16.7. The molecule has 0 spiro atoms. The van der Waals surface area contributed by atoms with Crippen LogP contribution in [0.15, 0.2) is 53.9 Å². The molecule has 1 aliphatic heterocycles. The second kappa shape index (κ2) is 8.61. The summed E-state index contributed by atoms with van der Waals surface area (Å²) in [5.74, 6) is 1.74. The van der Waals surface area contributed by atoms with Gasteiger partial charge in [-0.3, -0.25) is 9.36 Å². The number of nitrogens with one attached hydrogen (secondary N) is 1. The van der Waals surface area contributed by atoms with Gasteiger partial charge in [0.15, 0.2) is 16.7 Å². The first-order valence-corrected chi connectivity index (χ1v) is 10.5. The van der Waals surface area contributed by atoms with Crippen molar-refractivity contribution in [1.29, 1.82) is 0 Å². The lowest BCUT2D eigenvalue weighted by atomic mass is 10.1. The van der Waals surface area contributed by atoms with Crippen molar-refractivity contribution in [1.82, 2.24) is 14.9 Å². The third kappa shape index (κ3) is 4.74. The molecule has 2 aromatic carbocycles. The first kappa shape index (κ1) is 19.4. The Bertz CT molecular complexity index is 1010. The molecule has 0 atom stereocenters. The van der Waals surface area contributed by atoms with Crippen LogP contribution in [0.2, 0.25) is 0 Å². The van der Waals surface area contributed by atoms with E-state index in [1.165, 1.54) is 22.9 Å². The van der Waals surface area contributed by atoms with Gasteiger partial charge >= 0.3 is 0 Å². The van der Waals surface area contributed by atoms with Crippen LogP contribution in [0.25, 0.3) is 5.69 Å². The van der Waals surface area contributed by atoms with Gasteiger partial charge in [-0.25, -0.2) is 4.98 Å². The van der Waals surface area contributed by atoms with Crippen molar-refractivity contribution in [3.05, 3.63) is 65.5 Å². The van der Waals surface area contributed by atoms with E-state index < -0.39 is 0 Å². The molecular weight excluding hydrogens is 386 g/mol. The van der Waals surface area contributed by atoms with E-state index in [1.54, 1.807) is 6.20 Å². The minimum atomic E-state index is -0.0418. The standard InChI is InChI=1S/C22H23N3O3S/c1-15-9-16(2)11-18(10-15)25-6-5-23-22(25)29-14-21(26)24-13-17-3-4-19-20(12-17)28-8-7-27-19/h3-6,9-12H,7-8,13-14H2,1-2H3,(H,24,26). The Hall–Kier alpha value is -2.93. The molecule has 1 amide bonds. The molecule has 0 saturated carbocycles. The van der Waals surface area contributed by atoms with E-state index in [4.69, 9.17) is 9.47 Å². The summed E-state index contributed by atoms with van der Waals surface area (Å²) in [6.07, 6.45) is 3.68. The van der Waals surface area contributed by atoms with E-state index in [-0.39, 0.29) is 5.91 Å². The topological polar surface area (TPSA) is 65.4 Å². The minimum absolute atomic E-state index is 0.0418. The van der Waals surface area contributed by atoms with Gasteiger partial charge in [0.2, 0.25) is 5.91 Å². The van der Waals surface area contributed by atoms with E-state index in [9.17, 15) is 4.79 Å². The van der Waals surface area contributed by atoms with Crippen molar-refractivity contribution in [3.63, 3.8) is 0 Å². The second-order valence-corrected chi connectivity index (χ2v) is 7.91. The zero-order chi connectivity index (χ0) is 20.2. The van der Waals surface area contributed by atoms with Crippen LogP contribution in [0.3, 0.4) is 0 Å². The Morgan fingerprint density at radius 1 is 1.10 bits per heavy atom.